The van der Waals surface area contributed by atoms with Gasteiger partial charge in [0.15, 0.2) is 0 Å². The molecule has 22 heavy (non-hydrogen) atoms. The predicted molar refractivity (Wildman–Crippen MR) is 88.6 cm³/mol. The van der Waals surface area contributed by atoms with Gasteiger partial charge < -0.3 is 15.7 Å². The smallest absolute Gasteiger partial charge is 0.224 e. The lowest BCUT2D eigenvalue weighted by molar-refractivity contribution is -0.119. The van der Waals surface area contributed by atoms with Crippen molar-refractivity contribution >= 4 is 11.6 Å². The lowest BCUT2D eigenvalue weighted by atomic mass is 10.0. The van der Waals surface area contributed by atoms with Gasteiger partial charge >= 0.3 is 0 Å². The van der Waals surface area contributed by atoms with Gasteiger partial charge in [0, 0.05) is 18.8 Å². The van der Waals surface area contributed by atoms with Crippen LogP contribution in [0.2, 0.25) is 0 Å². The molecule has 1 unspecified atom stereocenters. The minimum atomic E-state index is 0.00916. The fourth-order valence-electron chi connectivity index (χ4n) is 2.29. The van der Waals surface area contributed by atoms with Crippen molar-refractivity contribution < 1.29 is 9.90 Å². The third-order valence-electron chi connectivity index (χ3n) is 3.61. The molecular formula is C18H22N2O2. The van der Waals surface area contributed by atoms with E-state index in [-0.39, 0.29) is 18.6 Å². The van der Waals surface area contributed by atoms with E-state index >= 15 is 0 Å². The van der Waals surface area contributed by atoms with Gasteiger partial charge in [0.05, 0.1) is 13.0 Å². The number of nitrogens with one attached hydrogen (secondary N) is 2. The molecule has 0 aliphatic rings. The highest BCUT2D eigenvalue weighted by molar-refractivity contribution is 5.78. The van der Waals surface area contributed by atoms with Crippen molar-refractivity contribution in [3.63, 3.8) is 0 Å². The van der Waals surface area contributed by atoms with Crippen LogP contribution in [0.1, 0.15) is 29.7 Å². The fourth-order valence-corrected chi connectivity index (χ4v) is 2.29. The minimum absolute atomic E-state index is 0.00916. The van der Waals surface area contributed by atoms with Gasteiger partial charge in [-0.25, -0.2) is 0 Å². The first-order chi connectivity index (χ1) is 10.6. The topological polar surface area (TPSA) is 61.4 Å². The summed E-state index contributed by atoms with van der Waals surface area (Å²) in [6.45, 7) is 2.13. The van der Waals surface area contributed by atoms with Crippen LogP contribution in [0, 0.1) is 0 Å². The Morgan fingerprint density at radius 1 is 1.14 bits per heavy atom. The molecule has 4 heteroatoms. The Labute approximate surface area is 131 Å². The van der Waals surface area contributed by atoms with E-state index in [0.717, 1.165) is 22.4 Å². The Bertz CT molecular complexity index is 623. The molecule has 0 radical (unpaired) electrons. The van der Waals surface area contributed by atoms with Crippen LogP contribution < -0.4 is 10.6 Å². The summed E-state index contributed by atoms with van der Waals surface area (Å²) >= 11 is 0. The second-order valence-electron chi connectivity index (χ2n) is 5.32. The van der Waals surface area contributed by atoms with E-state index in [1.807, 2.05) is 48.5 Å². The molecule has 0 saturated carbocycles. The number of carbonyl (C=O) groups excluding carboxylic acids is 1. The molecule has 4 nitrogen and oxygen atoms in total. The highest BCUT2D eigenvalue weighted by Crippen LogP contribution is 2.20. The summed E-state index contributed by atoms with van der Waals surface area (Å²) in [6.07, 6.45) is 0.394. The summed E-state index contributed by atoms with van der Waals surface area (Å²) in [6, 6.07) is 15.9. The molecular weight excluding hydrogens is 276 g/mol. The van der Waals surface area contributed by atoms with Crippen molar-refractivity contribution in [2.24, 2.45) is 0 Å². The maximum Gasteiger partial charge on any atom is 0.224 e. The highest BCUT2D eigenvalue weighted by atomic mass is 16.3. The molecule has 3 N–H and O–H groups in total. The average Bonchev–Trinajstić information content (AvgIpc) is 2.56. The van der Waals surface area contributed by atoms with Gasteiger partial charge in [0.1, 0.15) is 0 Å². The van der Waals surface area contributed by atoms with E-state index in [1.54, 1.807) is 7.05 Å². The number of hydrogen-bond donors (Lipinski definition) is 3. The Morgan fingerprint density at radius 2 is 1.86 bits per heavy atom. The third kappa shape index (κ3) is 4.33. The summed E-state index contributed by atoms with van der Waals surface area (Å²) < 4.78 is 0. The van der Waals surface area contributed by atoms with Gasteiger partial charge in [-0.3, -0.25) is 4.79 Å². The van der Waals surface area contributed by atoms with Crippen LogP contribution in [0.15, 0.2) is 48.5 Å². The maximum atomic E-state index is 11.3. The summed E-state index contributed by atoms with van der Waals surface area (Å²) in [7, 11) is 1.64. The highest BCUT2D eigenvalue weighted by Gasteiger charge is 2.06. The van der Waals surface area contributed by atoms with Crippen molar-refractivity contribution in [1.29, 1.82) is 0 Å². The number of amides is 1. The molecule has 1 atom stereocenters. The average molecular weight is 298 g/mol. The van der Waals surface area contributed by atoms with E-state index in [4.69, 9.17) is 0 Å². The van der Waals surface area contributed by atoms with Crippen LogP contribution in [-0.2, 0) is 17.8 Å². The molecule has 0 fully saturated rings. The van der Waals surface area contributed by atoms with Crippen molar-refractivity contribution in [1.82, 2.24) is 5.32 Å². The first kappa shape index (κ1) is 16.0. The number of benzene rings is 2. The molecule has 0 bridgehead atoms. The summed E-state index contributed by atoms with van der Waals surface area (Å²) in [5.41, 5.74) is 4.02. The molecule has 2 aromatic carbocycles. The summed E-state index contributed by atoms with van der Waals surface area (Å²) in [4.78, 5) is 11.3. The summed E-state index contributed by atoms with van der Waals surface area (Å²) in [5.74, 6) is 0.00916. The number of rotatable bonds is 6. The largest absolute Gasteiger partial charge is 0.392 e. The lowest BCUT2D eigenvalue weighted by Gasteiger charge is -2.16. The van der Waals surface area contributed by atoms with Crippen molar-refractivity contribution in [2.75, 3.05) is 12.4 Å². The van der Waals surface area contributed by atoms with Crippen molar-refractivity contribution in [3.8, 4) is 0 Å². The second-order valence-corrected chi connectivity index (χ2v) is 5.32. The third-order valence-corrected chi connectivity index (χ3v) is 3.61. The van der Waals surface area contributed by atoms with E-state index in [0.29, 0.717) is 6.42 Å². The first-order valence-corrected chi connectivity index (χ1v) is 7.38. The number of anilines is 1. The maximum absolute atomic E-state index is 11.3. The van der Waals surface area contributed by atoms with E-state index in [2.05, 4.69) is 17.6 Å². The van der Waals surface area contributed by atoms with Crippen LogP contribution in [0.25, 0.3) is 0 Å². The van der Waals surface area contributed by atoms with E-state index in [1.165, 1.54) is 0 Å². The van der Waals surface area contributed by atoms with E-state index < -0.39 is 0 Å². The molecule has 0 aliphatic heterocycles. The van der Waals surface area contributed by atoms with Gasteiger partial charge in [0.2, 0.25) is 5.91 Å². The predicted octanol–water partition coefficient (Wildman–Crippen LogP) is 2.64. The number of aliphatic hydroxyl groups excluding tert-OH is 1. The minimum Gasteiger partial charge on any atom is -0.392 e. The molecule has 0 saturated heterocycles. The van der Waals surface area contributed by atoms with Gasteiger partial charge in [-0.05, 0) is 35.7 Å². The summed E-state index contributed by atoms with van der Waals surface area (Å²) in [5, 5.41) is 15.2. The van der Waals surface area contributed by atoms with Crippen LogP contribution in [0.3, 0.4) is 0 Å². The molecule has 2 aromatic rings. The van der Waals surface area contributed by atoms with Gasteiger partial charge in [-0.1, -0.05) is 36.4 Å². The molecule has 116 valence electrons. The Balaban J connectivity index is 2.02. The molecule has 1 amide bonds. The molecule has 2 rings (SSSR count). The first-order valence-electron chi connectivity index (χ1n) is 7.38. The second kappa shape index (κ2) is 7.61. The number of carbonyl (C=O) groups is 1. The van der Waals surface area contributed by atoms with Crippen LogP contribution in [-0.4, -0.2) is 18.1 Å². The van der Waals surface area contributed by atoms with Crippen LogP contribution in [0.4, 0.5) is 5.69 Å². The van der Waals surface area contributed by atoms with E-state index in [9.17, 15) is 9.90 Å². The Kier molecular flexibility index (Phi) is 5.55. The van der Waals surface area contributed by atoms with Crippen molar-refractivity contribution in [3.05, 3.63) is 65.2 Å². The van der Waals surface area contributed by atoms with Gasteiger partial charge in [0.25, 0.3) is 0 Å². The quantitative estimate of drug-likeness (QED) is 0.768. The van der Waals surface area contributed by atoms with Crippen LogP contribution in [0.5, 0.6) is 0 Å². The molecule has 0 aliphatic carbocycles. The Morgan fingerprint density at radius 3 is 2.50 bits per heavy atom. The van der Waals surface area contributed by atoms with Crippen LogP contribution >= 0.6 is 0 Å². The molecule has 0 heterocycles. The lowest BCUT2D eigenvalue weighted by Crippen LogP contribution is -2.19. The zero-order valence-electron chi connectivity index (χ0n) is 13.0. The zero-order valence-corrected chi connectivity index (χ0v) is 13.0. The van der Waals surface area contributed by atoms with Gasteiger partial charge in [-0.2, -0.15) is 0 Å². The molecule has 0 aromatic heterocycles. The normalized spacial score (nSPS) is 11.8. The number of aliphatic hydroxyl groups is 1. The SMILES string of the molecule is CNC(=O)Cc1ccc(NC(C)c2cccc(CO)c2)cc1. The molecule has 0 spiro atoms. The number of hydrogen-bond acceptors (Lipinski definition) is 3. The Hall–Kier alpha value is -2.33. The number of likely N-dealkylation sites (N-methyl/N-ethyl adjacent to an activating group) is 1. The van der Waals surface area contributed by atoms with Crippen molar-refractivity contribution in [2.45, 2.75) is 26.0 Å². The van der Waals surface area contributed by atoms with Gasteiger partial charge in [-0.15, -0.1) is 0 Å². The monoisotopic (exact) mass is 298 g/mol. The zero-order chi connectivity index (χ0) is 15.9. The fraction of sp³-hybridized carbons (Fsp3) is 0.278. The standard InChI is InChI=1S/C18H22N2O2/c1-13(16-5-3-4-15(10-16)12-21)20-17-8-6-14(7-9-17)11-18(22)19-2/h3-10,13,20-21H,11-12H2,1-2H3,(H,19,22).